The molecule has 2 rings (SSSR count). The normalized spacial score (nSPS) is 19.8. The van der Waals surface area contributed by atoms with E-state index in [1.54, 1.807) is 7.11 Å². The maximum absolute atomic E-state index is 9.55. The maximum Gasteiger partial charge on any atom is 0.132 e. The highest BCUT2D eigenvalue weighted by Crippen LogP contribution is 2.29. The van der Waals surface area contributed by atoms with Gasteiger partial charge in [0.25, 0.3) is 0 Å². The van der Waals surface area contributed by atoms with Gasteiger partial charge in [-0.05, 0) is 24.6 Å². The molecule has 0 bridgehead atoms. The molecule has 0 N–H and O–H groups in total. The van der Waals surface area contributed by atoms with Crippen molar-refractivity contribution in [2.45, 2.75) is 12.5 Å². The lowest BCUT2D eigenvalue weighted by molar-refractivity contribution is 0.000429. The van der Waals surface area contributed by atoms with Gasteiger partial charge in [-0.25, -0.2) is 0 Å². The van der Waals surface area contributed by atoms with Gasteiger partial charge in [-0.1, -0.05) is 12.1 Å². The first kappa shape index (κ1) is 12.9. The second-order valence-corrected chi connectivity index (χ2v) is 4.51. The van der Waals surface area contributed by atoms with Crippen LogP contribution in [0.15, 0.2) is 24.3 Å². The number of methoxy groups -OCH3 is 1. The summed E-state index contributed by atoms with van der Waals surface area (Å²) in [6.45, 7) is 4.91. The molecule has 0 saturated carbocycles. The molecule has 1 heterocycles. The Labute approximate surface area is 108 Å². The topological polar surface area (TPSA) is 45.5 Å². The fourth-order valence-corrected chi connectivity index (χ4v) is 2.24. The average Bonchev–Trinajstić information content (AvgIpc) is 2.47. The van der Waals surface area contributed by atoms with Gasteiger partial charge >= 0.3 is 0 Å². The minimum atomic E-state index is -0.601. The Kier molecular flexibility index (Phi) is 3.85. The number of morpholine rings is 1. The van der Waals surface area contributed by atoms with Crippen LogP contribution in [0.3, 0.4) is 0 Å². The van der Waals surface area contributed by atoms with Crippen LogP contribution >= 0.6 is 0 Å². The van der Waals surface area contributed by atoms with Gasteiger partial charge < -0.3 is 9.47 Å². The maximum atomic E-state index is 9.55. The Balaban J connectivity index is 2.27. The summed E-state index contributed by atoms with van der Waals surface area (Å²) < 4.78 is 10.5. The van der Waals surface area contributed by atoms with E-state index in [0.29, 0.717) is 13.2 Å². The van der Waals surface area contributed by atoms with Crippen molar-refractivity contribution in [1.82, 2.24) is 4.90 Å². The molecule has 0 aromatic heterocycles. The van der Waals surface area contributed by atoms with Crippen LogP contribution < -0.4 is 4.74 Å². The van der Waals surface area contributed by atoms with Gasteiger partial charge in [0.2, 0.25) is 0 Å². The third kappa shape index (κ3) is 2.33. The predicted octanol–water partition coefficient (Wildman–Crippen LogP) is 1.77. The molecule has 1 aromatic rings. The smallest absolute Gasteiger partial charge is 0.132 e. The van der Waals surface area contributed by atoms with E-state index in [4.69, 9.17) is 9.47 Å². The molecule has 96 valence electrons. The molecule has 0 amide bonds. The van der Waals surface area contributed by atoms with Crippen molar-refractivity contribution >= 4 is 0 Å². The zero-order valence-corrected chi connectivity index (χ0v) is 10.8. The predicted molar refractivity (Wildman–Crippen MR) is 68.4 cm³/mol. The average molecular weight is 246 g/mol. The number of nitriles is 1. The molecule has 1 fully saturated rings. The van der Waals surface area contributed by atoms with E-state index in [1.165, 1.54) is 0 Å². The van der Waals surface area contributed by atoms with Crippen molar-refractivity contribution in [2.75, 3.05) is 33.4 Å². The quantitative estimate of drug-likeness (QED) is 0.815. The highest BCUT2D eigenvalue weighted by molar-refractivity contribution is 5.35. The van der Waals surface area contributed by atoms with Gasteiger partial charge in [0.05, 0.1) is 26.4 Å². The zero-order valence-electron chi connectivity index (χ0n) is 10.8. The van der Waals surface area contributed by atoms with Crippen molar-refractivity contribution in [1.29, 1.82) is 5.26 Å². The highest BCUT2D eigenvalue weighted by atomic mass is 16.5. The first-order chi connectivity index (χ1) is 8.70. The lowest BCUT2D eigenvalue weighted by atomic mass is 9.91. The molecule has 0 spiro atoms. The number of nitrogens with zero attached hydrogens (tertiary/aromatic N) is 2. The standard InChI is InChI=1S/C14H18N2O2/c1-14(11-15,16-7-9-18-10-8-16)12-3-5-13(17-2)6-4-12/h3-6H,7-10H2,1-2H3. The Morgan fingerprint density at radius 1 is 1.28 bits per heavy atom. The number of hydrogen-bond donors (Lipinski definition) is 0. The Morgan fingerprint density at radius 2 is 1.89 bits per heavy atom. The minimum Gasteiger partial charge on any atom is -0.497 e. The van der Waals surface area contributed by atoms with E-state index in [1.807, 2.05) is 31.2 Å². The Hall–Kier alpha value is -1.57. The first-order valence-corrected chi connectivity index (χ1v) is 6.09. The molecule has 1 unspecified atom stereocenters. The SMILES string of the molecule is COc1ccc(C(C)(C#N)N2CCOCC2)cc1. The lowest BCUT2D eigenvalue weighted by Crippen LogP contribution is -2.48. The second kappa shape index (κ2) is 5.38. The first-order valence-electron chi connectivity index (χ1n) is 6.09. The van der Waals surface area contributed by atoms with Gasteiger partial charge in [0.1, 0.15) is 11.3 Å². The van der Waals surface area contributed by atoms with Crippen molar-refractivity contribution in [3.05, 3.63) is 29.8 Å². The van der Waals surface area contributed by atoms with Crippen LogP contribution in [0.2, 0.25) is 0 Å². The van der Waals surface area contributed by atoms with Gasteiger partial charge in [0, 0.05) is 13.1 Å². The molecular weight excluding hydrogens is 228 g/mol. The van der Waals surface area contributed by atoms with Crippen LogP contribution in [-0.4, -0.2) is 38.3 Å². The summed E-state index contributed by atoms with van der Waals surface area (Å²) in [6.07, 6.45) is 0. The summed E-state index contributed by atoms with van der Waals surface area (Å²) in [7, 11) is 1.64. The molecule has 0 aliphatic carbocycles. The van der Waals surface area contributed by atoms with Gasteiger partial charge in [-0.15, -0.1) is 0 Å². The third-order valence-corrected chi connectivity index (χ3v) is 3.51. The highest BCUT2D eigenvalue weighted by Gasteiger charge is 2.34. The fourth-order valence-electron chi connectivity index (χ4n) is 2.24. The lowest BCUT2D eigenvalue weighted by Gasteiger charge is -2.38. The number of rotatable bonds is 3. The van der Waals surface area contributed by atoms with Crippen molar-refractivity contribution in [3.8, 4) is 11.8 Å². The third-order valence-electron chi connectivity index (χ3n) is 3.51. The molecule has 1 atom stereocenters. The number of hydrogen-bond acceptors (Lipinski definition) is 4. The van der Waals surface area contributed by atoms with Crippen LogP contribution in [-0.2, 0) is 10.3 Å². The Morgan fingerprint density at radius 3 is 2.39 bits per heavy atom. The van der Waals surface area contributed by atoms with Crippen molar-refractivity contribution < 1.29 is 9.47 Å². The summed E-state index contributed by atoms with van der Waals surface area (Å²) in [5, 5.41) is 9.55. The van der Waals surface area contributed by atoms with Crippen LogP contribution in [0.4, 0.5) is 0 Å². The summed E-state index contributed by atoms with van der Waals surface area (Å²) in [5.41, 5.74) is 0.392. The van der Waals surface area contributed by atoms with E-state index < -0.39 is 5.54 Å². The summed E-state index contributed by atoms with van der Waals surface area (Å²) in [4.78, 5) is 2.16. The molecule has 1 saturated heterocycles. The van der Waals surface area contributed by atoms with Crippen LogP contribution in [0.1, 0.15) is 12.5 Å². The molecule has 4 nitrogen and oxygen atoms in total. The molecule has 0 radical (unpaired) electrons. The Bertz CT molecular complexity index is 432. The van der Waals surface area contributed by atoms with Crippen LogP contribution in [0.5, 0.6) is 5.75 Å². The van der Waals surface area contributed by atoms with Crippen molar-refractivity contribution in [3.63, 3.8) is 0 Å². The molecule has 1 aromatic carbocycles. The fraction of sp³-hybridized carbons (Fsp3) is 0.500. The van der Waals surface area contributed by atoms with E-state index in [0.717, 1.165) is 24.4 Å². The monoisotopic (exact) mass is 246 g/mol. The van der Waals surface area contributed by atoms with Crippen LogP contribution in [0.25, 0.3) is 0 Å². The molecule has 1 aliphatic rings. The number of benzene rings is 1. The number of ether oxygens (including phenoxy) is 2. The summed E-state index contributed by atoms with van der Waals surface area (Å²) >= 11 is 0. The van der Waals surface area contributed by atoms with Crippen LogP contribution in [0, 0.1) is 11.3 Å². The molecular formula is C14H18N2O2. The van der Waals surface area contributed by atoms with E-state index in [-0.39, 0.29) is 0 Å². The summed E-state index contributed by atoms with van der Waals surface area (Å²) in [6, 6.07) is 10.1. The van der Waals surface area contributed by atoms with Gasteiger partial charge in [0.15, 0.2) is 0 Å². The molecule has 1 aliphatic heterocycles. The van der Waals surface area contributed by atoms with E-state index in [9.17, 15) is 5.26 Å². The van der Waals surface area contributed by atoms with Gasteiger partial charge in [-0.2, -0.15) is 5.26 Å². The molecule has 4 heteroatoms. The van der Waals surface area contributed by atoms with E-state index >= 15 is 0 Å². The zero-order chi connectivity index (χ0) is 13.0. The largest absolute Gasteiger partial charge is 0.497 e. The van der Waals surface area contributed by atoms with E-state index in [2.05, 4.69) is 11.0 Å². The van der Waals surface area contributed by atoms with Gasteiger partial charge in [-0.3, -0.25) is 4.90 Å². The second-order valence-electron chi connectivity index (χ2n) is 4.51. The van der Waals surface area contributed by atoms with Crippen molar-refractivity contribution in [2.24, 2.45) is 0 Å². The minimum absolute atomic E-state index is 0.601. The molecule has 18 heavy (non-hydrogen) atoms. The summed E-state index contributed by atoms with van der Waals surface area (Å²) in [5.74, 6) is 0.806.